The zero-order valence-electron chi connectivity index (χ0n) is 20.0. The molecule has 2 heterocycles. The van der Waals surface area contributed by atoms with Crippen LogP contribution in [0.15, 0.2) is 54.6 Å². The molecule has 0 aromatic heterocycles. The second-order valence-corrected chi connectivity index (χ2v) is 10.1. The van der Waals surface area contributed by atoms with Crippen LogP contribution in [0.1, 0.15) is 56.0 Å². The fourth-order valence-corrected chi connectivity index (χ4v) is 4.58. The van der Waals surface area contributed by atoms with Gasteiger partial charge in [-0.1, -0.05) is 42.5 Å². The third-order valence-electron chi connectivity index (χ3n) is 6.25. The van der Waals surface area contributed by atoms with E-state index in [9.17, 15) is 14.4 Å². The molecule has 1 saturated heterocycles. The van der Waals surface area contributed by atoms with Gasteiger partial charge in [0.2, 0.25) is 5.91 Å². The SMILES string of the molecule is CC(C)(C)OC(=O)NC(Cc1ccccc1)C(=O)N1CCC2(CC1)CC(=O)c1ccccc1O2. The number of amides is 2. The molecule has 1 atom stereocenters. The molecule has 0 radical (unpaired) electrons. The highest BCUT2D eigenvalue weighted by Gasteiger charge is 2.44. The summed E-state index contributed by atoms with van der Waals surface area (Å²) >= 11 is 0. The Balaban J connectivity index is 1.45. The first kappa shape index (κ1) is 23.8. The molecule has 1 N–H and O–H groups in total. The van der Waals surface area contributed by atoms with Crippen molar-refractivity contribution >= 4 is 17.8 Å². The predicted octanol–water partition coefficient (Wildman–Crippen LogP) is 4.15. The van der Waals surface area contributed by atoms with E-state index in [0.29, 0.717) is 50.1 Å². The third kappa shape index (κ3) is 5.58. The maximum Gasteiger partial charge on any atom is 0.408 e. The number of carbonyl (C=O) groups excluding carboxylic acids is 3. The lowest BCUT2D eigenvalue weighted by Gasteiger charge is -2.44. The molecule has 34 heavy (non-hydrogen) atoms. The van der Waals surface area contributed by atoms with Crippen molar-refractivity contribution in [3.63, 3.8) is 0 Å². The molecule has 2 amide bonds. The number of nitrogens with one attached hydrogen (secondary N) is 1. The van der Waals surface area contributed by atoms with Crippen LogP contribution in [0.2, 0.25) is 0 Å². The van der Waals surface area contributed by atoms with Crippen LogP contribution in [-0.2, 0) is 16.0 Å². The predicted molar refractivity (Wildman–Crippen MR) is 128 cm³/mol. The van der Waals surface area contributed by atoms with Crippen LogP contribution in [0.4, 0.5) is 4.79 Å². The van der Waals surface area contributed by atoms with E-state index in [1.807, 2.05) is 48.5 Å². The van der Waals surface area contributed by atoms with Crippen molar-refractivity contribution in [2.24, 2.45) is 0 Å². The van der Waals surface area contributed by atoms with Gasteiger partial charge in [0.15, 0.2) is 5.78 Å². The van der Waals surface area contributed by atoms with Crippen LogP contribution in [0.25, 0.3) is 0 Å². The molecule has 0 bridgehead atoms. The Morgan fingerprint density at radius 3 is 2.38 bits per heavy atom. The monoisotopic (exact) mass is 464 g/mol. The molecule has 2 aliphatic rings. The van der Waals surface area contributed by atoms with Crippen molar-refractivity contribution in [3.05, 3.63) is 65.7 Å². The quantitative estimate of drug-likeness (QED) is 0.735. The molecule has 2 aliphatic heterocycles. The molecular weight excluding hydrogens is 432 g/mol. The van der Waals surface area contributed by atoms with Crippen molar-refractivity contribution in [2.45, 2.75) is 63.7 Å². The summed E-state index contributed by atoms with van der Waals surface area (Å²) in [6.45, 7) is 6.27. The number of nitrogens with zero attached hydrogens (tertiary/aromatic N) is 1. The number of benzene rings is 2. The first-order chi connectivity index (χ1) is 16.1. The summed E-state index contributed by atoms with van der Waals surface area (Å²) in [5, 5.41) is 2.77. The molecule has 1 fully saturated rings. The van der Waals surface area contributed by atoms with Crippen LogP contribution in [0.5, 0.6) is 5.75 Å². The minimum Gasteiger partial charge on any atom is -0.486 e. The molecule has 4 rings (SSSR count). The van der Waals surface area contributed by atoms with E-state index in [0.717, 1.165) is 5.56 Å². The zero-order valence-corrected chi connectivity index (χ0v) is 20.0. The summed E-state index contributed by atoms with van der Waals surface area (Å²) in [5.41, 5.74) is 0.318. The average Bonchev–Trinajstić information content (AvgIpc) is 2.78. The summed E-state index contributed by atoms with van der Waals surface area (Å²) in [6.07, 6.45) is 1.18. The first-order valence-electron chi connectivity index (χ1n) is 11.8. The fourth-order valence-electron chi connectivity index (χ4n) is 4.58. The number of alkyl carbamates (subject to hydrolysis) is 1. The van der Waals surface area contributed by atoms with Gasteiger partial charge in [-0.25, -0.2) is 4.79 Å². The van der Waals surface area contributed by atoms with E-state index in [1.165, 1.54) is 0 Å². The molecular formula is C27H32N2O5. The van der Waals surface area contributed by atoms with Gasteiger partial charge in [-0.15, -0.1) is 0 Å². The maximum absolute atomic E-state index is 13.5. The van der Waals surface area contributed by atoms with Gasteiger partial charge in [0, 0.05) is 32.4 Å². The largest absolute Gasteiger partial charge is 0.486 e. The Morgan fingerprint density at radius 2 is 1.71 bits per heavy atom. The van der Waals surface area contributed by atoms with Gasteiger partial charge >= 0.3 is 6.09 Å². The summed E-state index contributed by atoms with van der Waals surface area (Å²) in [5.74, 6) is 0.536. The van der Waals surface area contributed by atoms with Crippen LogP contribution >= 0.6 is 0 Å². The Hall–Kier alpha value is -3.35. The highest BCUT2D eigenvalue weighted by Crippen LogP contribution is 2.39. The van der Waals surface area contributed by atoms with Crippen molar-refractivity contribution in [1.82, 2.24) is 10.2 Å². The molecule has 2 aromatic carbocycles. The second kappa shape index (κ2) is 9.49. The number of carbonyl (C=O) groups is 3. The number of hydrogen-bond donors (Lipinski definition) is 1. The van der Waals surface area contributed by atoms with E-state index < -0.39 is 23.3 Å². The Labute approximate surface area is 200 Å². The third-order valence-corrected chi connectivity index (χ3v) is 6.25. The number of likely N-dealkylation sites (tertiary alicyclic amines) is 1. The molecule has 2 aromatic rings. The minimum atomic E-state index is -0.749. The number of Topliss-reactive ketones (excluding diaryl/α,β-unsaturated/α-hetero) is 1. The number of hydrogen-bond acceptors (Lipinski definition) is 5. The van der Waals surface area contributed by atoms with Crippen molar-refractivity contribution in [1.29, 1.82) is 0 Å². The summed E-state index contributed by atoms with van der Waals surface area (Å²) in [4.78, 5) is 40.4. The van der Waals surface area contributed by atoms with Crippen LogP contribution in [0, 0.1) is 0 Å². The summed E-state index contributed by atoms with van der Waals surface area (Å²) < 4.78 is 11.7. The standard InChI is InChI=1S/C27H32N2O5/c1-26(2,3)34-25(32)28-21(17-19-9-5-4-6-10-19)24(31)29-15-13-27(14-16-29)18-22(30)20-11-7-8-12-23(20)33-27/h4-12,21H,13-18H2,1-3H3,(H,28,32). The summed E-state index contributed by atoms with van der Waals surface area (Å²) in [7, 11) is 0. The Bertz CT molecular complexity index is 1050. The van der Waals surface area contributed by atoms with Crippen molar-refractivity contribution < 1.29 is 23.9 Å². The van der Waals surface area contributed by atoms with E-state index in [2.05, 4.69) is 5.32 Å². The van der Waals surface area contributed by atoms with Gasteiger partial charge in [-0.3, -0.25) is 9.59 Å². The lowest BCUT2D eigenvalue weighted by molar-refractivity contribution is -0.137. The highest BCUT2D eigenvalue weighted by atomic mass is 16.6. The lowest BCUT2D eigenvalue weighted by Crippen LogP contribution is -2.56. The van der Waals surface area contributed by atoms with Crippen LogP contribution in [-0.4, -0.2) is 53.0 Å². The van der Waals surface area contributed by atoms with E-state index in [4.69, 9.17) is 9.47 Å². The van der Waals surface area contributed by atoms with Crippen molar-refractivity contribution in [2.75, 3.05) is 13.1 Å². The van der Waals surface area contributed by atoms with Gasteiger partial charge in [0.05, 0.1) is 12.0 Å². The molecule has 0 aliphatic carbocycles. The molecule has 7 heteroatoms. The van der Waals surface area contributed by atoms with Gasteiger partial charge in [0.1, 0.15) is 23.0 Å². The smallest absolute Gasteiger partial charge is 0.408 e. The molecule has 7 nitrogen and oxygen atoms in total. The number of piperidine rings is 1. The number of para-hydroxylation sites is 1. The molecule has 0 saturated carbocycles. The van der Waals surface area contributed by atoms with E-state index in [1.54, 1.807) is 31.7 Å². The van der Waals surface area contributed by atoms with Crippen molar-refractivity contribution in [3.8, 4) is 5.75 Å². The second-order valence-electron chi connectivity index (χ2n) is 10.1. The Morgan fingerprint density at radius 1 is 1.06 bits per heavy atom. The summed E-state index contributed by atoms with van der Waals surface area (Å²) in [6, 6.07) is 16.2. The van der Waals surface area contributed by atoms with Gasteiger partial charge in [-0.2, -0.15) is 0 Å². The van der Waals surface area contributed by atoms with E-state index in [-0.39, 0.29) is 11.7 Å². The fraction of sp³-hybridized carbons (Fsp3) is 0.444. The molecule has 1 spiro atoms. The van der Waals surface area contributed by atoms with E-state index >= 15 is 0 Å². The van der Waals surface area contributed by atoms with Crippen LogP contribution in [0.3, 0.4) is 0 Å². The van der Waals surface area contributed by atoms with Crippen LogP contribution < -0.4 is 10.1 Å². The number of ether oxygens (including phenoxy) is 2. The highest BCUT2D eigenvalue weighted by molar-refractivity contribution is 6.00. The number of ketones is 1. The number of rotatable bonds is 4. The Kier molecular flexibility index (Phi) is 6.64. The molecule has 1 unspecified atom stereocenters. The number of fused-ring (bicyclic) bond motifs is 1. The van der Waals surface area contributed by atoms with Gasteiger partial charge in [0.25, 0.3) is 0 Å². The van der Waals surface area contributed by atoms with Gasteiger partial charge in [-0.05, 0) is 38.5 Å². The maximum atomic E-state index is 13.5. The van der Waals surface area contributed by atoms with Gasteiger partial charge < -0.3 is 19.7 Å². The minimum absolute atomic E-state index is 0.0789. The average molecular weight is 465 g/mol. The lowest BCUT2D eigenvalue weighted by atomic mass is 9.82. The first-order valence-corrected chi connectivity index (χ1v) is 11.8. The zero-order chi connectivity index (χ0) is 24.3. The normalized spacial score (nSPS) is 18.0. The topological polar surface area (TPSA) is 84.9 Å². The molecule has 180 valence electrons.